The molecule has 2 N–H and O–H groups in total. The van der Waals surface area contributed by atoms with Crippen LogP contribution in [0.3, 0.4) is 0 Å². The Morgan fingerprint density at radius 3 is 2.27 bits per heavy atom. The zero-order chi connectivity index (χ0) is 39.9. The SMILES string of the molecule is CNC(=O)c1ccccc1Sc1ccc2c(/C=C/c3ccccn3)nn(C(=O)OC3CCC(C(=O)NCCC(=O)Oc4c(F)c(F)c(F)c(F)c4F)CC3)c2c1. The molecule has 11 nitrogen and oxygen atoms in total. The second kappa shape index (κ2) is 17.6. The third-order valence-corrected chi connectivity index (χ3v) is 9.93. The molecule has 17 heteroatoms. The van der Waals surface area contributed by atoms with Crippen molar-refractivity contribution in [3.63, 3.8) is 0 Å². The summed E-state index contributed by atoms with van der Waals surface area (Å²) in [4.78, 5) is 56.7. The molecule has 0 radical (unpaired) electrons. The molecule has 2 aromatic heterocycles. The van der Waals surface area contributed by atoms with E-state index in [1.54, 1.807) is 49.7 Å². The van der Waals surface area contributed by atoms with Crippen LogP contribution in [0.2, 0.25) is 0 Å². The molecule has 56 heavy (non-hydrogen) atoms. The van der Waals surface area contributed by atoms with Crippen LogP contribution in [0.1, 0.15) is 53.8 Å². The Labute approximate surface area is 320 Å². The minimum absolute atomic E-state index is 0.242. The maximum Gasteiger partial charge on any atom is 0.435 e. The van der Waals surface area contributed by atoms with E-state index in [1.165, 1.54) is 16.4 Å². The number of amides is 2. The summed E-state index contributed by atoms with van der Waals surface area (Å²) in [5.41, 5.74) is 2.12. The van der Waals surface area contributed by atoms with Gasteiger partial charge in [0.1, 0.15) is 6.10 Å². The lowest BCUT2D eigenvalue weighted by atomic mass is 9.87. The fraction of sp³-hybridized carbons (Fsp3) is 0.231. The van der Waals surface area contributed by atoms with Gasteiger partial charge in [-0.3, -0.25) is 19.4 Å². The van der Waals surface area contributed by atoms with Crippen LogP contribution in [0.5, 0.6) is 5.75 Å². The highest BCUT2D eigenvalue weighted by molar-refractivity contribution is 7.99. The number of aromatic nitrogens is 3. The summed E-state index contributed by atoms with van der Waals surface area (Å²) in [7, 11) is 1.55. The van der Waals surface area contributed by atoms with Gasteiger partial charge < -0.3 is 20.1 Å². The largest absolute Gasteiger partial charge is 0.445 e. The third-order valence-electron chi connectivity index (χ3n) is 8.87. The van der Waals surface area contributed by atoms with Crippen LogP contribution in [0.4, 0.5) is 26.7 Å². The van der Waals surface area contributed by atoms with Crippen molar-refractivity contribution in [3.8, 4) is 5.75 Å². The van der Waals surface area contributed by atoms with Gasteiger partial charge in [0.2, 0.25) is 40.7 Å². The first-order valence-corrected chi connectivity index (χ1v) is 18.1. The number of hydrogen-bond acceptors (Lipinski definition) is 9. The summed E-state index contributed by atoms with van der Waals surface area (Å²) in [6.07, 6.45) is 4.56. The van der Waals surface area contributed by atoms with E-state index in [9.17, 15) is 41.1 Å². The van der Waals surface area contributed by atoms with Crippen molar-refractivity contribution in [1.29, 1.82) is 0 Å². The van der Waals surface area contributed by atoms with Crippen molar-refractivity contribution in [2.45, 2.75) is 48.0 Å². The molecule has 1 saturated carbocycles. The molecule has 6 rings (SSSR count). The number of nitrogens with one attached hydrogen (secondary N) is 2. The molecule has 2 heterocycles. The van der Waals surface area contributed by atoms with Gasteiger partial charge in [-0.2, -0.15) is 18.6 Å². The smallest absolute Gasteiger partial charge is 0.435 e. The number of benzene rings is 3. The normalized spacial score (nSPS) is 15.5. The molecular weight excluding hydrogens is 762 g/mol. The van der Waals surface area contributed by atoms with Crippen LogP contribution in [0.25, 0.3) is 23.1 Å². The van der Waals surface area contributed by atoms with Crippen LogP contribution in [-0.4, -0.2) is 58.3 Å². The fourth-order valence-electron chi connectivity index (χ4n) is 5.99. The first kappa shape index (κ1) is 39.6. The molecule has 290 valence electrons. The highest BCUT2D eigenvalue weighted by atomic mass is 32.2. The number of halogens is 5. The molecule has 0 aliphatic heterocycles. The zero-order valence-electron chi connectivity index (χ0n) is 29.5. The van der Waals surface area contributed by atoms with E-state index in [1.807, 2.05) is 36.4 Å². The number of rotatable bonds is 11. The van der Waals surface area contributed by atoms with Crippen molar-refractivity contribution in [2.75, 3.05) is 13.6 Å². The first-order valence-electron chi connectivity index (χ1n) is 17.3. The van der Waals surface area contributed by atoms with Gasteiger partial charge >= 0.3 is 12.1 Å². The van der Waals surface area contributed by atoms with Crippen LogP contribution in [-0.2, 0) is 14.3 Å². The number of ether oxygens (including phenoxy) is 2. The summed E-state index contributed by atoms with van der Waals surface area (Å²) in [6.45, 7) is -0.330. The number of pyridine rings is 1. The van der Waals surface area contributed by atoms with Crippen molar-refractivity contribution in [1.82, 2.24) is 25.4 Å². The van der Waals surface area contributed by atoms with Gasteiger partial charge in [-0.1, -0.05) is 30.0 Å². The number of nitrogens with zero attached hydrogens (tertiary/aromatic N) is 3. The summed E-state index contributed by atoms with van der Waals surface area (Å²) < 4.78 is 79.1. The number of fused-ring (bicyclic) bond motifs is 1. The van der Waals surface area contributed by atoms with Crippen molar-refractivity contribution >= 4 is 58.7 Å². The molecule has 5 aromatic rings. The quantitative estimate of drug-likeness (QED) is 0.0458. The maximum absolute atomic E-state index is 13.8. The van der Waals surface area contributed by atoms with E-state index in [2.05, 4.69) is 25.5 Å². The first-order chi connectivity index (χ1) is 26.9. The monoisotopic (exact) mass is 793 g/mol. The zero-order valence-corrected chi connectivity index (χ0v) is 30.3. The number of esters is 1. The van der Waals surface area contributed by atoms with Crippen molar-refractivity contribution in [3.05, 3.63) is 113 Å². The van der Waals surface area contributed by atoms with Crippen molar-refractivity contribution < 1.29 is 50.6 Å². The summed E-state index contributed by atoms with van der Waals surface area (Å²) in [5.74, 6) is -15.7. The minimum atomic E-state index is -2.39. The van der Waals surface area contributed by atoms with E-state index in [4.69, 9.17) is 4.74 Å². The van der Waals surface area contributed by atoms with Gasteiger partial charge in [-0.05, 0) is 80.3 Å². The van der Waals surface area contributed by atoms with Gasteiger partial charge in [0.15, 0.2) is 0 Å². The Morgan fingerprint density at radius 1 is 0.875 bits per heavy atom. The Balaban J connectivity index is 1.09. The van der Waals surface area contributed by atoms with E-state index in [0.717, 1.165) is 4.90 Å². The molecule has 0 unspecified atom stereocenters. The van der Waals surface area contributed by atoms with Crippen LogP contribution in [0.15, 0.2) is 76.7 Å². The molecule has 0 spiro atoms. The average molecular weight is 794 g/mol. The molecule has 1 fully saturated rings. The highest BCUT2D eigenvalue weighted by Gasteiger charge is 2.31. The van der Waals surface area contributed by atoms with Gasteiger partial charge in [-0.25, -0.2) is 18.0 Å². The highest BCUT2D eigenvalue weighted by Crippen LogP contribution is 2.35. The lowest BCUT2D eigenvalue weighted by Crippen LogP contribution is -2.36. The van der Waals surface area contributed by atoms with Crippen LogP contribution >= 0.6 is 11.8 Å². The second-order valence-corrected chi connectivity index (χ2v) is 13.6. The predicted molar refractivity (Wildman–Crippen MR) is 194 cm³/mol. The Bertz CT molecular complexity index is 2300. The summed E-state index contributed by atoms with van der Waals surface area (Å²) in [5, 5.41) is 10.4. The molecule has 2 amide bonds. The van der Waals surface area contributed by atoms with E-state index in [0.29, 0.717) is 58.4 Å². The van der Waals surface area contributed by atoms with E-state index in [-0.39, 0.29) is 12.5 Å². The number of carbonyl (C=O) groups excluding carboxylic acids is 4. The predicted octanol–water partition coefficient (Wildman–Crippen LogP) is 7.46. The lowest BCUT2D eigenvalue weighted by Gasteiger charge is -2.27. The van der Waals surface area contributed by atoms with Crippen LogP contribution in [0, 0.1) is 35.0 Å². The molecule has 0 atom stereocenters. The van der Waals surface area contributed by atoms with Crippen molar-refractivity contribution in [2.24, 2.45) is 5.92 Å². The van der Waals surface area contributed by atoms with Gasteiger partial charge in [0, 0.05) is 40.9 Å². The molecule has 3 aromatic carbocycles. The summed E-state index contributed by atoms with van der Waals surface area (Å²) in [6, 6.07) is 18.1. The second-order valence-electron chi connectivity index (χ2n) is 12.5. The van der Waals surface area contributed by atoms with Gasteiger partial charge in [0.05, 0.1) is 28.9 Å². The fourth-order valence-corrected chi connectivity index (χ4v) is 6.97. The average Bonchev–Trinajstić information content (AvgIpc) is 3.58. The van der Waals surface area contributed by atoms with Gasteiger partial charge in [0.25, 0.3) is 5.91 Å². The Morgan fingerprint density at radius 2 is 1.57 bits per heavy atom. The molecule has 1 aliphatic rings. The Hall–Kier alpha value is -6.10. The number of carbonyl (C=O) groups is 4. The maximum atomic E-state index is 13.8. The van der Waals surface area contributed by atoms with Crippen LogP contribution < -0.4 is 15.4 Å². The lowest BCUT2D eigenvalue weighted by molar-refractivity contribution is -0.135. The third kappa shape index (κ3) is 8.88. The van der Waals surface area contributed by atoms with Gasteiger partial charge in [-0.15, -0.1) is 0 Å². The molecular formula is C39H32F5N5O6S. The van der Waals surface area contributed by atoms with E-state index < -0.39 is 71.2 Å². The summed E-state index contributed by atoms with van der Waals surface area (Å²) >= 11 is 1.35. The number of hydrogen-bond donors (Lipinski definition) is 2. The molecule has 0 bridgehead atoms. The standard InChI is InChI=1S/C39H32F5N5O6S/c1-45-38(52)26-7-2-3-8-29(26)56-24-14-15-25-27(16-11-22-6-4-5-18-46-22)48-49(28(25)20-24)39(53)54-23-12-9-21(10-13-23)37(51)47-19-17-30(50)55-36-34(43)32(41)31(40)33(42)35(36)44/h2-8,11,14-16,18,20-21,23H,9-10,12-13,17,19H2,1H3,(H,45,52)(H,47,51)/b16-11+. The molecule has 1 aliphatic carbocycles. The topological polar surface area (TPSA) is 142 Å². The van der Waals surface area contributed by atoms with E-state index >= 15 is 0 Å². The minimum Gasteiger partial charge on any atom is -0.445 e. The Kier molecular flexibility index (Phi) is 12.4. The molecule has 0 saturated heterocycles.